The zero-order valence-electron chi connectivity index (χ0n) is 20.7. The number of carboxylic acid groups (broad SMARTS) is 1. The van der Waals surface area contributed by atoms with Crippen molar-refractivity contribution in [2.24, 2.45) is 23.7 Å². The maximum atomic E-state index is 13.3. The van der Waals surface area contributed by atoms with Gasteiger partial charge >= 0.3 is 11.9 Å². The second-order valence-corrected chi connectivity index (χ2v) is 9.48. The number of hydrogen-bond acceptors (Lipinski definition) is 5. The summed E-state index contributed by atoms with van der Waals surface area (Å²) in [6.45, 7) is 7.17. The number of para-hydroxylation sites is 1. The number of esters is 1. The molecule has 35 heavy (non-hydrogen) atoms. The van der Waals surface area contributed by atoms with E-state index in [0.717, 1.165) is 24.2 Å². The molecule has 1 N–H and O–H groups in total. The second-order valence-electron chi connectivity index (χ2n) is 9.48. The van der Waals surface area contributed by atoms with E-state index < -0.39 is 29.7 Å². The first-order valence-electron chi connectivity index (χ1n) is 12.3. The van der Waals surface area contributed by atoms with Gasteiger partial charge < -0.3 is 19.5 Å². The van der Waals surface area contributed by atoms with Crippen LogP contribution in [-0.2, 0) is 25.7 Å². The number of carbonyl (C=O) groups excluding carboxylic acids is 2. The summed E-state index contributed by atoms with van der Waals surface area (Å²) < 4.78 is 11.1. The number of nitrogens with zero attached hydrogens (tertiary/aromatic N) is 1. The van der Waals surface area contributed by atoms with Crippen LogP contribution in [0.15, 0.2) is 54.6 Å². The molecule has 3 unspecified atom stereocenters. The van der Waals surface area contributed by atoms with Crippen LogP contribution in [0.2, 0.25) is 0 Å². The van der Waals surface area contributed by atoms with Gasteiger partial charge in [0.2, 0.25) is 5.91 Å². The van der Waals surface area contributed by atoms with Crippen LogP contribution in [-0.4, -0.2) is 41.0 Å². The molecule has 3 atom stereocenters. The van der Waals surface area contributed by atoms with Crippen LogP contribution in [0.4, 0.5) is 0 Å². The molecular formula is C28H35NO6. The second kappa shape index (κ2) is 12.4. The summed E-state index contributed by atoms with van der Waals surface area (Å²) in [5.41, 5.74) is 0.919. The zero-order valence-corrected chi connectivity index (χ0v) is 20.7. The van der Waals surface area contributed by atoms with E-state index >= 15 is 0 Å². The zero-order chi connectivity index (χ0) is 25.4. The van der Waals surface area contributed by atoms with E-state index in [1.165, 1.54) is 0 Å². The topological polar surface area (TPSA) is 93.1 Å². The van der Waals surface area contributed by atoms with Crippen LogP contribution in [0.1, 0.15) is 45.6 Å². The van der Waals surface area contributed by atoms with Gasteiger partial charge in [0, 0.05) is 13.1 Å². The summed E-state index contributed by atoms with van der Waals surface area (Å²) in [5, 5.41) is 9.75. The molecule has 7 nitrogen and oxygen atoms in total. The maximum absolute atomic E-state index is 13.3. The van der Waals surface area contributed by atoms with Crippen molar-refractivity contribution < 1.29 is 29.0 Å². The minimum Gasteiger partial charge on any atom is -0.481 e. The van der Waals surface area contributed by atoms with Gasteiger partial charge in [-0.1, -0.05) is 51.1 Å². The van der Waals surface area contributed by atoms with Crippen LogP contribution in [0.3, 0.4) is 0 Å². The standard InChI is InChI=1S/C28H35NO6/c1-4-15-29(18-20-10-12-22(13-11-20)35-21-8-6-5-7-9-21)26(30)23-17-24(25(23)27(31)32)28(33)34-16-14-19(2)3/h5-13,19,23-25H,4,14-18H2,1-3H3,(H,31,32). The predicted molar refractivity (Wildman–Crippen MR) is 132 cm³/mol. The Labute approximate surface area is 207 Å². The molecule has 0 aromatic heterocycles. The van der Waals surface area contributed by atoms with E-state index in [1.807, 2.05) is 75.4 Å². The number of benzene rings is 2. The summed E-state index contributed by atoms with van der Waals surface area (Å²) in [4.78, 5) is 39.3. The average Bonchev–Trinajstić information content (AvgIpc) is 2.79. The van der Waals surface area contributed by atoms with E-state index in [1.54, 1.807) is 4.90 Å². The molecule has 1 amide bonds. The normalized spacial score (nSPS) is 19.0. The summed E-state index contributed by atoms with van der Waals surface area (Å²) in [6.07, 6.45) is 1.67. The highest BCUT2D eigenvalue weighted by atomic mass is 16.5. The van der Waals surface area contributed by atoms with E-state index in [0.29, 0.717) is 24.8 Å². The van der Waals surface area contributed by atoms with Crippen molar-refractivity contribution in [1.29, 1.82) is 0 Å². The molecule has 0 aliphatic heterocycles. The minimum absolute atomic E-state index is 0.209. The quantitative estimate of drug-likeness (QED) is 0.422. The Bertz CT molecular complexity index is 988. The summed E-state index contributed by atoms with van der Waals surface area (Å²) in [5.74, 6) is -2.59. The average molecular weight is 482 g/mol. The van der Waals surface area contributed by atoms with Gasteiger partial charge in [0.15, 0.2) is 0 Å². The number of hydrogen-bond donors (Lipinski definition) is 1. The van der Waals surface area contributed by atoms with Gasteiger partial charge in [-0.25, -0.2) is 0 Å². The lowest BCUT2D eigenvalue weighted by Crippen LogP contribution is -2.53. The van der Waals surface area contributed by atoms with Crippen molar-refractivity contribution in [1.82, 2.24) is 4.90 Å². The fourth-order valence-corrected chi connectivity index (χ4v) is 4.27. The lowest BCUT2D eigenvalue weighted by molar-refractivity contribution is -0.175. The van der Waals surface area contributed by atoms with Gasteiger partial charge in [0.1, 0.15) is 11.5 Å². The Balaban J connectivity index is 1.62. The number of ether oxygens (including phenoxy) is 2. The number of carboxylic acids is 1. The predicted octanol–water partition coefficient (Wildman–Crippen LogP) is 5.14. The molecule has 0 spiro atoms. The van der Waals surface area contributed by atoms with E-state index in [2.05, 4.69) is 0 Å². The lowest BCUT2D eigenvalue weighted by atomic mass is 9.64. The van der Waals surface area contributed by atoms with Crippen molar-refractivity contribution >= 4 is 17.8 Å². The molecule has 1 saturated carbocycles. The van der Waals surface area contributed by atoms with Crippen LogP contribution in [0, 0.1) is 23.7 Å². The SMILES string of the molecule is CCCN(Cc1ccc(Oc2ccccc2)cc1)C(=O)C1CC(C(=O)OCCC(C)C)C1C(=O)O. The van der Waals surface area contributed by atoms with Crippen LogP contribution < -0.4 is 4.74 Å². The largest absolute Gasteiger partial charge is 0.481 e. The van der Waals surface area contributed by atoms with Gasteiger partial charge in [-0.05, 0) is 55.0 Å². The molecule has 1 fully saturated rings. The first-order chi connectivity index (χ1) is 16.8. The fourth-order valence-electron chi connectivity index (χ4n) is 4.27. The third kappa shape index (κ3) is 7.07. The molecule has 2 aromatic carbocycles. The smallest absolute Gasteiger partial charge is 0.309 e. The number of amides is 1. The molecule has 2 aromatic rings. The van der Waals surface area contributed by atoms with Crippen molar-refractivity contribution in [2.75, 3.05) is 13.2 Å². The summed E-state index contributed by atoms with van der Waals surface area (Å²) in [7, 11) is 0. The number of carbonyl (C=O) groups is 3. The highest BCUT2D eigenvalue weighted by Gasteiger charge is 2.54. The Hall–Kier alpha value is -3.35. The maximum Gasteiger partial charge on any atom is 0.309 e. The van der Waals surface area contributed by atoms with Gasteiger partial charge in [-0.3, -0.25) is 14.4 Å². The Morgan fingerprint density at radius 3 is 2.26 bits per heavy atom. The first kappa shape index (κ1) is 26.3. The molecule has 1 aliphatic rings. The van der Waals surface area contributed by atoms with Gasteiger partial charge in [0.25, 0.3) is 0 Å². The molecular weight excluding hydrogens is 446 g/mol. The van der Waals surface area contributed by atoms with Crippen LogP contribution in [0.5, 0.6) is 11.5 Å². The monoisotopic (exact) mass is 481 g/mol. The molecule has 1 aliphatic carbocycles. The number of aliphatic carboxylic acids is 1. The van der Waals surface area contributed by atoms with Gasteiger partial charge in [-0.15, -0.1) is 0 Å². The molecule has 188 valence electrons. The number of rotatable bonds is 12. The lowest BCUT2D eigenvalue weighted by Gasteiger charge is -2.41. The van der Waals surface area contributed by atoms with E-state index in [9.17, 15) is 19.5 Å². The Morgan fingerprint density at radius 2 is 1.66 bits per heavy atom. The van der Waals surface area contributed by atoms with Gasteiger partial charge in [-0.2, -0.15) is 0 Å². The van der Waals surface area contributed by atoms with Crippen molar-refractivity contribution in [3.63, 3.8) is 0 Å². The van der Waals surface area contributed by atoms with Gasteiger partial charge in [0.05, 0.1) is 24.4 Å². The summed E-state index contributed by atoms with van der Waals surface area (Å²) >= 11 is 0. The van der Waals surface area contributed by atoms with E-state index in [-0.39, 0.29) is 18.9 Å². The first-order valence-corrected chi connectivity index (χ1v) is 12.3. The van der Waals surface area contributed by atoms with Crippen LogP contribution >= 0.6 is 0 Å². The fraction of sp³-hybridized carbons (Fsp3) is 0.464. The third-order valence-corrected chi connectivity index (χ3v) is 6.30. The van der Waals surface area contributed by atoms with Crippen molar-refractivity contribution in [2.45, 2.75) is 46.6 Å². The van der Waals surface area contributed by atoms with Crippen molar-refractivity contribution in [3.05, 3.63) is 60.2 Å². The highest BCUT2D eigenvalue weighted by Crippen LogP contribution is 2.43. The molecule has 0 radical (unpaired) electrons. The Kier molecular flexibility index (Phi) is 9.29. The highest BCUT2D eigenvalue weighted by molar-refractivity contribution is 5.92. The van der Waals surface area contributed by atoms with Crippen LogP contribution in [0.25, 0.3) is 0 Å². The van der Waals surface area contributed by atoms with E-state index in [4.69, 9.17) is 9.47 Å². The molecule has 3 rings (SSSR count). The molecule has 0 saturated heterocycles. The third-order valence-electron chi connectivity index (χ3n) is 6.30. The Morgan fingerprint density at radius 1 is 1.00 bits per heavy atom. The molecule has 7 heteroatoms. The summed E-state index contributed by atoms with van der Waals surface area (Å²) in [6, 6.07) is 17.0. The van der Waals surface area contributed by atoms with Crippen molar-refractivity contribution in [3.8, 4) is 11.5 Å². The molecule has 0 heterocycles. The minimum atomic E-state index is -1.13. The molecule has 0 bridgehead atoms.